The fourth-order valence-corrected chi connectivity index (χ4v) is 2.84. The number of benzene rings is 2. The quantitative estimate of drug-likeness (QED) is 0.534. The molecule has 5 nitrogen and oxygen atoms in total. The van der Waals surface area contributed by atoms with Crippen molar-refractivity contribution >= 4 is 28.4 Å². The van der Waals surface area contributed by atoms with E-state index in [2.05, 4.69) is 25.6 Å². The summed E-state index contributed by atoms with van der Waals surface area (Å²) in [6.07, 6.45) is 1.77. The molecule has 0 radical (unpaired) electrons. The Labute approximate surface area is 156 Å². The van der Waals surface area contributed by atoms with Crippen molar-refractivity contribution in [2.45, 2.75) is 13.5 Å². The largest absolute Gasteiger partial charge is 0.350 e. The van der Waals surface area contributed by atoms with Gasteiger partial charge in [0.1, 0.15) is 11.6 Å². The highest BCUT2D eigenvalue weighted by Crippen LogP contribution is 2.24. The molecule has 0 spiro atoms. The first kappa shape index (κ1) is 16.9. The molecule has 2 N–H and O–H groups in total. The van der Waals surface area contributed by atoms with Crippen LogP contribution in [0.3, 0.4) is 0 Å². The lowest BCUT2D eigenvalue weighted by Crippen LogP contribution is -2.06. The van der Waals surface area contributed by atoms with Crippen molar-refractivity contribution in [1.82, 2.24) is 15.0 Å². The van der Waals surface area contributed by atoms with Crippen LogP contribution < -0.4 is 10.6 Å². The molecule has 0 unspecified atom stereocenters. The molecule has 0 saturated heterocycles. The Kier molecular flexibility index (Phi) is 4.61. The molecule has 4 aromatic rings. The molecule has 0 aliphatic rings. The van der Waals surface area contributed by atoms with E-state index in [-0.39, 0.29) is 5.82 Å². The van der Waals surface area contributed by atoms with E-state index in [0.717, 1.165) is 27.8 Å². The predicted molar refractivity (Wildman–Crippen MR) is 106 cm³/mol. The van der Waals surface area contributed by atoms with Gasteiger partial charge in [0.2, 0.25) is 5.95 Å². The molecule has 0 aliphatic heterocycles. The molecule has 2 aromatic heterocycles. The fraction of sp³-hybridized carbons (Fsp3) is 0.0952. The van der Waals surface area contributed by atoms with Crippen LogP contribution in [0.25, 0.3) is 10.9 Å². The van der Waals surface area contributed by atoms with Gasteiger partial charge in [0.05, 0.1) is 11.2 Å². The molecule has 27 heavy (non-hydrogen) atoms. The van der Waals surface area contributed by atoms with Gasteiger partial charge in [-0.1, -0.05) is 30.3 Å². The van der Waals surface area contributed by atoms with Crippen molar-refractivity contribution < 1.29 is 4.39 Å². The maximum atomic E-state index is 13.0. The average molecular weight is 359 g/mol. The van der Waals surface area contributed by atoms with Crippen LogP contribution in [-0.2, 0) is 6.54 Å². The minimum Gasteiger partial charge on any atom is -0.350 e. The monoisotopic (exact) mass is 359 g/mol. The van der Waals surface area contributed by atoms with Crippen LogP contribution in [-0.4, -0.2) is 15.0 Å². The van der Waals surface area contributed by atoms with Crippen LogP contribution in [0.2, 0.25) is 0 Å². The highest BCUT2D eigenvalue weighted by Gasteiger charge is 2.06. The Balaban J connectivity index is 1.56. The number of hydrogen-bond donors (Lipinski definition) is 2. The Morgan fingerprint density at radius 2 is 1.78 bits per heavy atom. The van der Waals surface area contributed by atoms with Crippen molar-refractivity contribution in [2.24, 2.45) is 0 Å². The number of halogens is 1. The topological polar surface area (TPSA) is 62.7 Å². The van der Waals surface area contributed by atoms with E-state index in [9.17, 15) is 4.39 Å². The van der Waals surface area contributed by atoms with E-state index >= 15 is 0 Å². The van der Waals surface area contributed by atoms with Gasteiger partial charge in [0.25, 0.3) is 0 Å². The molecule has 0 amide bonds. The summed E-state index contributed by atoms with van der Waals surface area (Å²) in [5.74, 6) is 0.943. The van der Waals surface area contributed by atoms with E-state index in [1.807, 2.05) is 43.3 Å². The van der Waals surface area contributed by atoms with Crippen LogP contribution >= 0.6 is 0 Å². The zero-order chi connectivity index (χ0) is 18.6. The Morgan fingerprint density at radius 1 is 0.963 bits per heavy atom. The molecule has 0 aliphatic carbocycles. The normalized spacial score (nSPS) is 10.7. The van der Waals surface area contributed by atoms with Gasteiger partial charge in [-0.3, -0.25) is 4.98 Å². The van der Waals surface area contributed by atoms with E-state index in [1.54, 1.807) is 18.3 Å². The number of aromatic nitrogens is 3. The number of rotatable bonds is 5. The molecule has 0 fully saturated rings. The first-order chi connectivity index (χ1) is 13.2. The molecular formula is C21H18FN5. The third-order valence-corrected chi connectivity index (χ3v) is 4.11. The van der Waals surface area contributed by atoms with Gasteiger partial charge in [-0.2, -0.15) is 4.98 Å². The van der Waals surface area contributed by atoms with Gasteiger partial charge < -0.3 is 10.6 Å². The zero-order valence-corrected chi connectivity index (χ0v) is 14.8. The summed E-state index contributed by atoms with van der Waals surface area (Å²) in [4.78, 5) is 13.4. The first-order valence-electron chi connectivity index (χ1n) is 8.62. The summed E-state index contributed by atoms with van der Waals surface area (Å²) < 4.78 is 13.0. The number of fused-ring (bicyclic) bond motifs is 1. The second kappa shape index (κ2) is 7.37. The third-order valence-electron chi connectivity index (χ3n) is 4.11. The number of nitrogens with one attached hydrogen (secondary N) is 2. The standard InChI is InChI=1S/C21H18FN5/c1-14-12-19(26-18-6-2-4-16-5-3-11-23-20(16)18)27-21(25-14)24-13-15-7-9-17(22)10-8-15/h2-12H,13H2,1H3,(H2,24,25,26,27). The molecule has 2 aromatic carbocycles. The van der Waals surface area contributed by atoms with Crippen molar-refractivity contribution in [3.05, 3.63) is 83.9 Å². The second-order valence-electron chi connectivity index (χ2n) is 6.20. The van der Waals surface area contributed by atoms with Crippen molar-refractivity contribution in [3.63, 3.8) is 0 Å². The highest BCUT2D eigenvalue weighted by atomic mass is 19.1. The van der Waals surface area contributed by atoms with E-state index in [0.29, 0.717) is 18.3 Å². The maximum absolute atomic E-state index is 13.0. The van der Waals surface area contributed by atoms with Crippen LogP contribution in [0.1, 0.15) is 11.3 Å². The fourth-order valence-electron chi connectivity index (χ4n) is 2.84. The minimum atomic E-state index is -0.249. The lowest BCUT2D eigenvalue weighted by atomic mass is 10.2. The number of pyridine rings is 1. The minimum absolute atomic E-state index is 0.249. The third kappa shape index (κ3) is 4.00. The first-order valence-corrected chi connectivity index (χ1v) is 8.62. The smallest absolute Gasteiger partial charge is 0.225 e. The van der Waals surface area contributed by atoms with E-state index in [4.69, 9.17) is 0 Å². The SMILES string of the molecule is Cc1cc(Nc2cccc3cccnc23)nc(NCc2ccc(F)cc2)n1. The summed E-state index contributed by atoms with van der Waals surface area (Å²) in [5.41, 5.74) is 3.56. The Hall–Kier alpha value is -3.54. The van der Waals surface area contributed by atoms with E-state index in [1.165, 1.54) is 12.1 Å². The Morgan fingerprint density at radius 3 is 2.63 bits per heavy atom. The zero-order valence-electron chi connectivity index (χ0n) is 14.8. The highest BCUT2D eigenvalue weighted by molar-refractivity contribution is 5.91. The number of hydrogen-bond acceptors (Lipinski definition) is 5. The van der Waals surface area contributed by atoms with Crippen LogP contribution in [0.4, 0.5) is 21.8 Å². The molecule has 2 heterocycles. The molecular weight excluding hydrogens is 341 g/mol. The van der Waals surface area contributed by atoms with Gasteiger partial charge >= 0.3 is 0 Å². The molecule has 6 heteroatoms. The number of para-hydroxylation sites is 1. The molecule has 0 atom stereocenters. The molecule has 4 rings (SSSR count). The van der Waals surface area contributed by atoms with Gasteiger partial charge in [0, 0.05) is 29.9 Å². The lowest BCUT2D eigenvalue weighted by Gasteiger charge is -2.11. The molecule has 0 saturated carbocycles. The van der Waals surface area contributed by atoms with E-state index < -0.39 is 0 Å². The second-order valence-corrected chi connectivity index (χ2v) is 6.20. The van der Waals surface area contributed by atoms with Crippen molar-refractivity contribution in [3.8, 4) is 0 Å². The average Bonchev–Trinajstić information content (AvgIpc) is 2.67. The summed E-state index contributed by atoms with van der Waals surface area (Å²) in [5, 5.41) is 7.57. The molecule has 0 bridgehead atoms. The predicted octanol–water partition coefficient (Wildman–Crippen LogP) is 4.83. The van der Waals surface area contributed by atoms with Crippen molar-refractivity contribution in [2.75, 3.05) is 10.6 Å². The van der Waals surface area contributed by atoms with Crippen molar-refractivity contribution in [1.29, 1.82) is 0 Å². The van der Waals surface area contributed by atoms with Crippen LogP contribution in [0, 0.1) is 12.7 Å². The molecule has 134 valence electrons. The lowest BCUT2D eigenvalue weighted by molar-refractivity contribution is 0.627. The van der Waals surface area contributed by atoms with Gasteiger partial charge in [-0.15, -0.1) is 0 Å². The number of nitrogens with zero attached hydrogens (tertiary/aromatic N) is 3. The summed E-state index contributed by atoms with van der Waals surface area (Å²) >= 11 is 0. The van der Waals surface area contributed by atoms with Gasteiger partial charge in [-0.25, -0.2) is 9.37 Å². The van der Waals surface area contributed by atoms with Crippen LogP contribution in [0.15, 0.2) is 66.9 Å². The summed E-state index contributed by atoms with van der Waals surface area (Å²) in [6.45, 7) is 2.43. The summed E-state index contributed by atoms with van der Waals surface area (Å²) in [6, 6.07) is 18.1. The van der Waals surface area contributed by atoms with Crippen LogP contribution in [0.5, 0.6) is 0 Å². The number of aryl methyl sites for hydroxylation is 1. The maximum Gasteiger partial charge on any atom is 0.225 e. The van der Waals surface area contributed by atoms with Gasteiger partial charge in [-0.05, 0) is 36.8 Å². The number of anilines is 3. The Bertz CT molecular complexity index is 1070. The summed E-state index contributed by atoms with van der Waals surface area (Å²) in [7, 11) is 0. The van der Waals surface area contributed by atoms with Gasteiger partial charge in [0.15, 0.2) is 0 Å².